The van der Waals surface area contributed by atoms with Crippen LogP contribution in [0.5, 0.6) is 0 Å². The summed E-state index contributed by atoms with van der Waals surface area (Å²) in [6.07, 6.45) is 5.34. The van der Waals surface area contributed by atoms with Crippen LogP contribution in [-0.4, -0.2) is 15.4 Å². The van der Waals surface area contributed by atoms with E-state index in [-0.39, 0.29) is 0 Å². The van der Waals surface area contributed by atoms with Gasteiger partial charge in [-0.15, -0.1) is 0 Å². The van der Waals surface area contributed by atoms with E-state index in [1.165, 1.54) is 25.7 Å². The third kappa shape index (κ3) is 3.17. The van der Waals surface area contributed by atoms with Crippen LogP contribution in [0.25, 0.3) is 11.5 Å². The van der Waals surface area contributed by atoms with Gasteiger partial charge in [-0.25, -0.2) is 0 Å². The minimum atomic E-state index is 0.520. The van der Waals surface area contributed by atoms with Crippen LogP contribution in [0.1, 0.15) is 31.5 Å². The van der Waals surface area contributed by atoms with Crippen molar-refractivity contribution in [3.05, 3.63) is 28.5 Å². The lowest BCUT2D eigenvalue weighted by molar-refractivity contribution is 0.425. The molecule has 20 heavy (non-hydrogen) atoms. The van der Waals surface area contributed by atoms with Crippen LogP contribution in [0.4, 0.5) is 5.69 Å². The summed E-state index contributed by atoms with van der Waals surface area (Å²) in [5.41, 5.74) is 7.32. The zero-order chi connectivity index (χ0) is 13.9. The first kappa shape index (κ1) is 13.9. The largest absolute Gasteiger partial charge is 0.399 e. The second-order valence-corrected chi connectivity index (χ2v) is 7.12. The minimum Gasteiger partial charge on any atom is -0.399 e. The lowest BCUT2D eigenvalue weighted by atomic mass is 10.2. The van der Waals surface area contributed by atoms with Crippen LogP contribution >= 0.6 is 27.7 Å². The van der Waals surface area contributed by atoms with Crippen molar-refractivity contribution in [3.63, 3.8) is 0 Å². The molecule has 0 saturated heterocycles. The Kier molecular flexibility index (Phi) is 4.31. The highest BCUT2D eigenvalue weighted by atomic mass is 79.9. The Balaban J connectivity index is 1.71. The van der Waals surface area contributed by atoms with Crippen LogP contribution in [0.3, 0.4) is 0 Å². The Morgan fingerprint density at radius 3 is 2.95 bits per heavy atom. The average molecular weight is 354 g/mol. The smallest absolute Gasteiger partial charge is 0.259 e. The molecule has 0 atom stereocenters. The molecule has 1 aliphatic rings. The number of halogens is 1. The van der Waals surface area contributed by atoms with Gasteiger partial charge >= 0.3 is 0 Å². The Bertz CT molecular complexity index is 596. The second-order valence-electron chi connectivity index (χ2n) is 4.97. The maximum atomic E-state index is 5.80. The molecule has 0 amide bonds. The molecule has 1 aliphatic carbocycles. The summed E-state index contributed by atoms with van der Waals surface area (Å²) in [5.74, 6) is 2.09. The number of nitrogens with two attached hydrogens (primary N) is 1. The van der Waals surface area contributed by atoms with Crippen molar-refractivity contribution in [1.29, 1.82) is 0 Å². The molecule has 1 fully saturated rings. The van der Waals surface area contributed by atoms with E-state index in [1.807, 2.05) is 30.0 Å². The maximum Gasteiger partial charge on any atom is 0.259 e. The predicted octanol–water partition coefficient (Wildman–Crippen LogP) is 4.26. The number of hydrogen-bond acceptors (Lipinski definition) is 5. The highest BCUT2D eigenvalue weighted by Crippen LogP contribution is 2.32. The second kappa shape index (κ2) is 6.18. The Labute approximate surface area is 130 Å². The molecule has 0 spiro atoms. The van der Waals surface area contributed by atoms with Gasteiger partial charge in [0.1, 0.15) is 0 Å². The number of thioether (sulfide) groups is 1. The number of rotatable bonds is 4. The number of nitrogens with zero attached hydrogens (tertiary/aromatic N) is 2. The van der Waals surface area contributed by atoms with Crippen molar-refractivity contribution in [1.82, 2.24) is 10.1 Å². The summed E-state index contributed by atoms with van der Waals surface area (Å²) in [7, 11) is 0. The first-order chi connectivity index (χ1) is 9.72. The average Bonchev–Trinajstić information content (AvgIpc) is 3.10. The summed E-state index contributed by atoms with van der Waals surface area (Å²) in [6, 6.07) is 5.56. The fourth-order valence-electron chi connectivity index (χ4n) is 2.38. The van der Waals surface area contributed by atoms with Gasteiger partial charge < -0.3 is 10.3 Å². The topological polar surface area (TPSA) is 64.9 Å². The number of benzene rings is 1. The van der Waals surface area contributed by atoms with Gasteiger partial charge in [0.25, 0.3) is 5.89 Å². The molecule has 1 aromatic heterocycles. The van der Waals surface area contributed by atoms with Crippen molar-refractivity contribution >= 4 is 33.4 Å². The molecule has 3 rings (SSSR count). The van der Waals surface area contributed by atoms with E-state index in [2.05, 4.69) is 26.1 Å². The van der Waals surface area contributed by atoms with Crippen LogP contribution < -0.4 is 5.73 Å². The van der Waals surface area contributed by atoms with Gasteiger partial charge in [0.05, 0.1) is 11.3 Å². The molecule has 2 aromatic rings. The quantitative estimate of drug-likeness (QED) is 0.832. The summed E-state index contributed by atoms with van der Waals surface area (Å²) in [5, 5.41) is 4.82. The van der Waals surface area contributed by atoms with E-state index in [4.69, 9.17) is 10.3 Å². The first-order valence-electron chi connectivity index (χ1n) is 6.72. The number of anilines is 1. The molecule has 106 valence electrons. The highest BCUT2D eigenvalue weighted by Gasteiger charge is 2.17. The van der Waals surface area contributed by atoms with Gasteiger partial charge in [0.2, 0.25) is 0 Å². The van der Waals surface area contributed by atoms with Gasteiger partial charge in [0, 0.05) is 15.4 Å². The lowest BCUT2D eigenvalue weighted by Crippen LogP contribution is -1.95. The molecule has 1 heterocycles. The molecule has 0 bridgehead atoms. The minimum absolute atomic E-state index is 0.520. The molecule has 4 nitrogen and oxygen atoms in total. The molecule has 6 heteroatoms. The van der Waals surface area contributed by atoms with Crippen molar-refractivity contribution in [2.75, 3.05) is 5.73 Å². The predicted molar refractivity (Wildman–Crippen MR) is 85.4 cm³/mol. The lowest BCUT2D eigenvalue weighted by Gasteiger charge is -2.04. The van der Waals surface area contributed by atoms with Crippen LogP contribution in [0.15, 0.2) is 27.2 Å². The molecule has 0 radical (unpaired) electrons. The Hall–Kier alpha value is -1.01. The Morgan fingerprint density at radius 1 is 1.35 bits per heavy atom. The molecule has 1 saturated carbocycles. The van der Waals surface area contributed by atoms with Crippen molar-refractivity contribution < 1.29 is 4.52 Å². The molecule has 0 unspecified atom stereocenters. The SMILES string of the molecule is Nc1ccc(Br)c(-c2nc(CSC3CCCC3)no2)c1. The number of aromatic nitrogens is 2. The number of hydrogen-bond donors (Lipinski definition) is 1. The standard InChI is InChI=1S/C14H16BrN3OS/c15-12-6-5-9(16)7-11(12)14-17-13(18-19-14)8-20-10-3-1-2-4-10/h5-7,10H,1-4,8,16H2. The van der Waals surface area contributed by atoms with E-state index < -0.39 is 0 Å². The zero-order valence-electron chi connectivity index (χ0n) is 11.0. The zero-order valence-corrected chi connectivity index (χ0v) is 13.4. The van der Waals surface area contributed by atoms with E-state index in [9.17, 15) is 0 Å². The summed E-state index contributed by atoms with van der Waals surface area (Å²) in [4.78, 5) is 4.46. The van der Waals surface area contributed by atoms with E-state index in [1.54, 1.807) is 0 Å². The third-order valence-electron chi connectivity index (χ3n) is 3.44. The monoisotopic (exact) mass is 353 g/mol. The fourth-order valence-corrected chi connectivity index (χ4v) is 3.96. The van der Waals surface area contributed by atoms with E-state index >= 15 is 0 Å². The van der Waals surface area contributed by atoms with Crippen molar-refractivity contribution in [3.8, 4) is 11.5 Å². The third-order valence-corrected chi connectivity index (χ3v) is 5.50. The van der Waals surface area contributed by atoms with Gasteiger partial charge in [-0.1, -0.05) is 18.0 Å². The summed E-state index contributed by atoms with van der Waals surface area (Å²) in [6.45, 7) is 0. The van der Waals surface area contributed by atoms with E-state index in [0.29, 0.717) is 11.6 Å². The number of nitrogen functional groups attached to an aromatic ring is 1. The van der Waals surface area contributed by atoms with Gasteiger partial charge in [0.15, 0.2) is 5.82 Å². The van der Waals surface area contributed by atoms with Crippen molar-refractivity contribution in [2.45, 2.75) is 36.7 Å². The van der Waals surface area contributed by atoms with Gasteiger partial charge in [-0.05, 0) is 47.0 Å². The van der Waals surface area contributed by atoms with Crippen molar-refractivity contribution in [2.24, 2.45) is 0 Å². The first-order valence-corrected chi connectivity index (χ1v) is 8.56. The van der Waals surface area contributed by atoms with Crippen LogP contribution in [-0.2, 0) is 5.75 Å². The summed E-state index contributed by atoms with van der Waals surface area (Å²) >= 11 is 5.41. The van der Waals surface area contributed by atoms with Crippen LogP contribution in [0, 0.1) is 0 Å². The Morgan fingerprint density at radius 2 is 2.15 bits per heavy atom. The molecular formula is C14H16BrN3OS. The normalized spacial score (nSPS) is 15.8. The molecular weight excluding hydrogens is 338 g/mol. The molecule has 2 N–H and O–H groups in total. The summed E-state index contributed by atoms with van der Waals surface area (Å²) < 4.78 is 6.25. The fraction of sp³-hybridized carbons (Fsp3) is 0.429. The van der Waals surface area contributed by atoms with Gasteiger partial charge in [-0.3, -0.25) is 0 Å². The van der Waals surface area contributed by atoms with Gasteiger partial charge in [-0.2, -0.15) is 16.7 Å². The maximum absolute atomic E-state index is 5.80. The molecule has 0 aliphatic heterocycles. The highest BCUT2D eigenvalue weighted by molar-refractivity contribution is 9.10. The van der Waals surface area contributed by atoms with Crippen LogP contribution in [0.2, 0.25) is 0 Å². The molecule has 1 aromatic carbocycles. The van der Waals surface area contributed by atoms with E-state index in [0.717, 1.165) is 26.9 Å².